The van der Waals surface area contributed by atoms with Crippen LogP contribution in [0, 0.1) is 5.41 Å². The van der Waals surface area contributed by atoms with Crippen molar-refractivity contribution in [1.82, 2.24) is 4.90 Å². The van der Waals surface area contributed by atoms with Crippen molar-refractivity contribution >= 4 is 23.1 Å². The van der Waals surface area contributed by atoms with Gasteiger partial charge in [0.25, 0.3) is 5.97 Å². The fourth-order valence-electron chi connectivity index (χ4n) is 3.97. The van der Waals surface area contributed by atoms with Gasteiger partial charge in [0.1, 0.15) is 0 Å². The highest BCUT2D eigenvalue weighted by atomic mass is 16.4. The number of nitrogen functional groups attached to an aromatic ring is 1. The molecule has 0 saturated carbocycles. The molecule has 1 heterocycles. The summed E-state index contributed by atoms with van der Waals surface area (Å²) >= 11 is 0. The Labute approximate surface area is 173 Å². The van der Waals surface area contributed by atoms with Gasteiger partial charge in [-0.25, -0.2) is 0 Å². The van der Waals surface area contributed by atoms with E-state index in [1.54, 1.807) is 6.92 Å². The van der Waals surface area contributed by atoms with Crippen molar-refractivity contribution in [2.24, 2.45) is 11.1 Å². The molecule has 29 heavy (non-hydrogen) atoms. The second kappa shape index (κ2) is 8.99. The fourth-order valence-corrected chi connectivity index (χ4v) is 3.97. The monoisotopic (exact) mass is 401 g/mol. The van der Waals surface area contributed by atoms with Crippen LogP contribution in [-0.4, -0.2) is 35.0 Å². The summed E-state index contributed by atoms with van der Waals surface area (Å²) in [6, 6.07) is 6.26. The normalized spacial score (nSPS) is 20.2. The van der Waals surface area contributed by atoms with Gasteiger partial charge in [0.15, 0.2) is 0 Å². The van der Waals surface area contributed by atoms with Crippen molar-refractivity contribution in [3.8, 4) is 0 Å². The maximum Gasteiger partial charge on any atom is 0.300 e. The van der Waals surface area contributed by atoms with Crippen LogP contribution >= 0.6 is 0 Å². The molecule has 6 heteroatoms. The molecule has 0 aromatic heterocycles. The maximum atomic E-state index is 11.6. The number of carbonyl (C=O) groups excluding carboxylic acids is 1. The van der Waals surface area contributed by atoms with Crippen LogP contribution in [0.4, 0.5) is 5.69 Å². The van der Waals surface area contributed by atoms with E-state index in [2.05, 4.69) is 32.1 Å². The molecule has 5 N–H and O–H groups in total. The number of amides is 1. The number of allylic oxidation sites excluding steroid dienone is 2. The minimum absolute atomic E-state index is 0.134. The van der Waals surface area contributed by atoms with Gasteiger partial charge in [-0.05, 0) is 60.8 Å². The van der Waals surface area contributed by atoms with E-state index >= 15 is 0 Å². The molecule has 0 spiro atoms. The van der Waals surface area contributed by atoms with E-state index in [1.165, 1.54) is 12.0 Å². The number of carboxylic acid groups (broad SMARTS) is 1. The van der Waals surface area contributed by atoms with Crippen LogP contribution in [0.3, 0.4) is 0 Å². The third-order valence-electron chi connectivity index (χ3n) is 6.05. The second-order valence-corrected chi connectivity index (χ2v) is 9.08. The summed E-state index contributed by atoms with van der Waals surface area (Å²) in [5.41, 5.74) is 17.5. The summed E-state index contributed by atoms with van der Waals surface area (Å²) < 4.78 is 0. The predicted molar refractivity (Wildman–Crippen MR) is 117 cm³/mol. The van der Waals surface area contributed by atoms with Crippen LogP contribution in [-0.2, 0) is 15.1 Å². The highest BCUT2D eigenvalue weighted by molar-refractivity contribution is 5.76. The average molecular weight is 402 g/mol. The molecule has 6 nitrogen and oxygen atoms in total. The number of hydrogen-bond acceptors (Lipinski definition) is 4. The molecule has 160 valence electrons. The maximum absolute atomic E-state index is 11.6. The molecule has 1 aromatic rings. The van der Waals surface area contributed by atoms with E-state index in [0.29, 0.717) is 5.41 Å². The van der Waals surface area contributed by atoms with Crippen molar-refractivity contribution in [3.63, 3.8) is 0 Å². The minimum atomic E-state index is -0.833. The average Bonchev–Trinajstić information content (AvgIpc) is 2.62. The Balaban J connectivity index is 0.000000687. The molecule has 3 rings (SSSR count). The third kappa shape index (κ3) is 6.07. The van der Waals surface area contributed by atoms with Gasteiger partial charge >= 0.3 is 0 Å². The van der Waals surface area contributed by atoms with E-state index < -0.39 is 5.97 Å². The molecule has 2 aliphatic rings. The lowest BCUT2D eigenvalue weighted by Gasteiger charge is -2.39. The van der Waals surface area contributed by atoms with Crippen molar-refractivity contribution in [3.05, 3.63) is 35.4 Å². The molecule has 1 aromatic carbocycles. The summed E-state index contributed by atoms with van der Waals surface area (Å²) in [7, 11) is 0. The Morgan fingerprint density at radius 1 is 1.10 bits per heavy atom. The standard InChI is InChI=1S/C21H31N3O.C2H4O2/c1-15(25)24-12-10-21(23,11-13-24)17-4-5-19(22)18(14-17)16-6-8-20(2,3)9-7-16;1-2(3)4/h4-6,14H,7-13,22-23H2,1-3H3;1H3,(H,3,4). The number of benzene rings is 1. The zero-order chi connectivity index (χ0) is 21.8. The van der Waals surface area contributed by atoms with Gasteiger partial charge in [0, 0.05) is 43.7 Å². The van der Waals surface area contributed by atoms with Crippen LogP contribution in [0.2, 0.25) is 0 Å². The number of piperidine rings is 1. The van der Waals surface area contributed by atoms with Crippen molar-refractivity contribution in [1.29, 1.82) is 0 Å². The lowest BCUT2D eigenvalue weighted by molar-refractivity contribution is -0.134. The van der Waals surface area contributed by atoms with Crippen LogP contribution < -0.4 is 11.5 Å². The minimum Gasteiger partial charge on any atom is -0.481 e. The largest absolute Gasteiger partial charge is 0.481 e. The number of likely N-dealkylation sites (tertiary alicyclic amines) is 1. The molecule has 1 amide bonds. The van der Waals surface area contributed by atoms with Crippen LogP contribution in [0.5, 0.6) is 0 Å². The molecule has 0 bridgehead atoms. The number of hydrogen-bond donors (Lipinski definition) is 3. The van der Waals surface area contributed by atoms with Crippen LogP contribution in [0.25, 0.3) is 5.57 Å². The first-order chi connectivity index (χ1) is 13.4. The topological polar surface area (TPSA) is 110 Å². The summed E-state index contributed by atoms with van der Waals surface area (Å²) in [6.07, 6.45) is 7.28. The summed E-state index contributed by atoms with van der Waals surface area (Å²) in [4.78, 5) is 22.4. The molecule has 0 atom stereocenters. The number of rotatable bonds is 2. The number of nitrogens with two attached hydrogens (primary N) is 2. The second-order valence-electron chi connectivity index (χ2n) is 9.08. The predicted octanol–water partition coefficient (Wildman–Crippen LogP) is 3.75. The molecular formula is C23H35N3O3. The lowest BCUT2D eigenvalue weighted by atomic mass is 9.75. The Kier molecular flexibility index (Phi) is 7.11. The highest BCUT2D eigenvalue weighted by Crippen LogP contribution is 2.41. The molecule has 0 radical (unpaired) electrons. The van der Waals surface area contributed by atoms with Gasteiger partial charge in [-0.1, -0.05) is 26.0 Å². The number of anilines is 1. The van der Waals surface area contributed by atoms with Crippen molar-refractivity contribution in [2.45, 2.75) is 65.3 Å². The van der Waals surface area contributed by atoms with Crippen LogP contribution in [0.15, 0.2) is 24.3 Å². The smallest absolute Gasteiger partial charge is 0.300 e. The Morgan fingerprint density at radius 2 is 1.69 bits per heavy atom. The van der Waals surface area contributed by atoms with E-state index in [9.17, 15) is 4.79 Å². The van der Waals surface area contributed by atoms with Crippen molar-refractivity contribution in [2.75, 3.05) is 18.8 Å². The molecule has 0 unspecified atom stereocenters. The van der Waals surface area contributed by atoms with Gasteiger partial charge in [-0.2, -0.15) is 0 Å². The van der Waals surface area contributed by atoms with Crippen molar-refractivity contribution < 1.29 is 14.7 Å². The summed E-state index contributed by atoms with van der Waals surface area (Å²) in [5.74, 6) is -0.699. The number of nitrogens with zero attached hydrogens (tertiary/aromatic N) is 1. The van der Waals surface area contributed by atoms with Gasteiger partial charge in [-0.3, -0.25) is 9.59 Å². The van der Waals surface area contributed by atoms with Gasteiger partial charge in [-0.15, -0.1) is 0 Å². The van der Waals surface area contributed by atoms with Gasteiger partial charge in [0.2, 0.25) is 5.91 Å². The van der Waals surface area contributed by atoms with Crippen LogP contribution in [0.1, 0.15) is 70.9 Å². The fraction of sp³-hybridized carbons (Fsp3) is 0.565. The molecule has 1 aliphatic heterocycles. The van der Waals surface area contributed by atoms with E-state index in [0.717, 1.165) is 62.5 Å². The summed E-state index contributed by atoms with van der Waals surface area (Å²) in [5, 5.41) is 7.42. The zero-order valence-electron chi connectivity index (χ0n) is 18.1. The Morgan fingerprint density at radius 3 is 2.17 bits per heavy atom. The third-order valence-corrected chi connectivity index (χ3v) is 6.05. The molecule has 1 fully saturated rings. The summed E-state index contributed by atoms with van der Waals surface area (Å²) in [6.45, 7) is 8.79. The van der Waals surface area contributed by atoms with E-state index in [4.69, 9.17) is 21.4 Å². The van der Waals surface area contributed by atoms with E-state index in [1.807, 2.05) is 11.0 Å². The number of carboxylic acids is 1. The lowest BCUT2D eigenvalue weighted by Crippen LogP contribution is -2.49. The Hall–Kier alpha value is -2.34. The van der Waals surface area contributed by atoms with Gasteiger partial charge < -0.3 is 21.5 Å². The number of carbonyl (C=O) groups is 2. The first kappa shape index (κ1) is 22.9. The quantitative estimate of drug-likeness (QED) is 0.654. The first-order valence-corrected chi connectivity index (χ1v) is 10.3. The van der Waals surface area contributed by atoms with Gasteiger partial charge in [0.05, 0.1) is 0 Å². The molecule has 1 saturated heterocycles. The molecular weight excluding hydrogens is 366 g/mol. The highest BCUT2D eigenvalue weighted by Gasteiger charge is 2.34. The molecule has 1 aliphatic carbocycles. The SMILES string of the molecule is CC(=O)N1CCC(N)(c2ccc(N)c(C3=CCC(C)(C)CC3)c2)CC1.CC(=O)O. The van der Waals surface area contributed by atoms with E-state index in [-0.39, 0.29) is 11.4 Å². The first-order valence-electron chi connectivity index (χ1n) is 10.3. The zero-order valence-corrected chi connectivity index (χ0v) is 18.1. The Bertz CT molecular complexity index is 787. The number of aliphatic carboxylic acids is 1.